The molecule has 1 aliphatic heterocycles. The molecule has 0 saturated carbocycles. The van der Waals surface area contributed by atoms with E-state index in [0.717, 1.165) is 24.4 Å². The average Bonchev–Trinajstić information content (AvgIpc) is 2.39. The third kappa shape index (κ3) is 3.02. The van der Waals surface area contributed by atoms with Crippen LogP contribution in [-0.4, -0.2) is 31.1 Å². The summed E-state index contributed by atoms with van der Waals surface area (Å²) in [6.45, 7) is 8.03. The van der Waals surface area contributed by atoms with E-state index in [1.54, 1.807) is 6.07 Å². The van der Waals surface area contributed by atoms with Gasteiger partial charge in [0.2, 0.25) is 0 Å². The highest BCUT2D eigenvalue weighted by molar-refractivity contribution is 5.37. The molecule has 1 heterocycles. The van der Waals surface area contributed by atoms with Crippen molar-refractivity contribution in [1.29, 1.82) is 0 Å². The lowest BCUT2D eigenvalue weighted by atomic mass is 9.90. The molecule has 1 unspecified atom stereocenters. The average molecular weight is 251 g/mol. The smallest absolute Gasteiger partial charge is 0.126 e. The van der Waals surface area contributed by atoms with E-state index in [4.69, 9.17) is 4.74 Å². The summed E-state index contributed by atoms with van der Waals surface area (Å²) >= 11 is 0. The molecule has 100 valence electrons. The fourth-order valence-electron chi connectivity index (χ4n) is 2.72. The Morgan fingerprint density at radius 2 is 2.22 bits per heavy atom. The molecule has 2 rings (SSSR count). The Bertz CT molecular complexity index is 394. The quantitative estimate of drug-likeness (QED) is 0.813. The molecular weight excluding hydrogens is 229 g/mol. The Balaban J connectivity index is 2.20. The van der Waals surface area contributed by atoms with Gasteiger partial charge in [0.1, 0.15) is 11.6 Å². The third-order valence-electron chi connectivity index (χ3n) is 3.67. The second kappa shape index (κ2) is 6.19. The summed E-state index contributed by atoms with van der Waals surface area (Å²) in [7, 11) is 0. The minimum absolute atomic E-state index is 0.217. The van der Waals surface area contributed by atoms with Crippen LogP contribution in [0.4, 0.5) is 4.39 Å². The molecule has 0 spiro atoms. The van der Waals surface area contributed by atoms with E-state index in [1.165, 1.54) is 25.5 Å². The molecule has 1 aromatic carbocycles. The van der Waals surface area contributed by atoms with Gasteiger partial charge in [0.15, 0.2) is 0 Å². The standard InChI is InChI=1S/C15H22FNO/c1-3-17-9-5-6-12(11-17)14-8-7-13(16)10-15(14)18-4-2/h7-8,10,12H,3-6,9,11H2,1-2H3. The van der Waals surface area contributed by atoms with Gasteiger partial charge in [0, 0.05) is 18.5 Å². The molecule has 1 aromatic rings. The highest BCUT2D eigenvalue weighted by Gasteiger charge is 2.23. The molecule has 0 aromatic heterocycles. The Hall–Kier alpha value is -1.09. The molecule has 1 saturated heterocycles. The Morgan fingerprint density at radius 1 is 1.39 bits per heavy atom. The number of hydrogen-bond acceptors (Lipinski definition) is 2. The van der Waals surface area contributed by atoms with Gasteiger partial charge in [-0.25, -0.2) is 4.39 Å². The number of benzene rings is 1. The van der Waals surface area contributed by atoms with Gasteiger partial charge in [-0.2, -0.15) is 0 Å². The Labute approximate surface area is 109 Å². The van der Waals surface area contributed by atoms with Crippen molar-refractivity contribution in [2.45, 2.75) is 32.6 Å². The minimum Gasteiger partial charge on any atom is -0.493 e. The first kappa shape index (κ1) is 13.3. The van der Waals surface area contributed by atoms with Crippen LogP contribution in [0.1, 0.15) is 38.2 Å². The minimum atomic E-state index is -0.217. The van der Waals surface area contributed by atoms with Crippen molar-refractivity contribution in [3.63, 3.8) is 0 Å². The van der Waals surface area contributed by atoms with E-state index in [1.807, 2.05) is 13.0 Å². The molecule has 3 heteroatoms. The fourth-order valence-corrected chi connectivity index (χ4v) is 2.72. The van der Waals surface area contributed by atoms with Crippen LogP contribution in [-0.2, 0) is 0 Å². The number of likely N-dealkylation sites (N-methyl/N-ethyl adjacent to an activating group) is 1. The highest BCUT2D eigenvalue weighted by atomic mass is 19.1. The van der Waals surface area contributed by atoms with Gasteiger partial charge < -0.3 is 9.64 Å². The summed E-state index contributed by atoms with van der Waals surface area (Å²) in [6.07, 6.45) is 2.38. The summed E-state index contributed by atoms with van der Waals surface area (Å²) in [5.74, 6) is 0.978. The number of hydrogen-bond donors (Lipinski definition) is 0. The van der Waals surface area contributed by atoms with Gasteiger partial charge in [-0.3, -0.25) is 0 Å². The molecule has 2 nitrogen and oxygen atoms in total. The summed E-state index contributed by atoms with van der Waals surface area (Å²) < 4.78 is 18.9. The van der Waals surface area contributed by atoms with Gasteiger partial charge >= 0.3 is 0 Å². The van der Waals surface area contributed by atoms with Crippen LogP contribution in [0.25, 0.3) is 0 Å². The van der Waals surface area contributed by atoms with Crippen molar-refractivity contribution in [3.8, 4) is 5.75 Å². The maximum atomic E-state index is 13.3. The maximum absolute atomic E-state index is 13.3. The van der Waals surface area contributed by atoms with Crippen molar-refractivity contribution in [2.24, 2.45) is 0 Å². The second-order valence-corrected chi connectivity index (χ2v) is 4.85. The van der Waals surface area contributed by atoms with Gasteiger partial charge in [0.05, 0.1) is 6.61 Å². The van der Waals surface area contributed by atoms with Crippen LogP contribution in [0.5, 0.6) is 5.75 Å². The van der Waals surface area contributed by atoms with E-state index in [9.17, 15) is 4.39 Å². The number of ether oxygens (including phenoxy) is 1. The van der Waals surface area contributed by atoms with Crippen LogP contribution in [0.2, 0.25) is 0 Å². The highest BCUT2D eigenvalue weighted by Crippen LogP contribution is 2.33. The number of nitrogens with zero attached hydrogens (tertiary/aromatic N) is 1. The second-order valence-electron chi connectivity index (χ2n) is 4.85. The summed E-state index contributed by atoms with van der Waals surface area (Å²) in [5.41, 5.74) is 1.16. The lowest BCUT2D eigenvalue weighted by molar-refractivity contribution is 0.214. The Kier molecular flexibility index (Phi) is 4.59. The third-order valence-corrected chi connectivity index (χ3v) is 3.67. The zero-order chi connectivity index (χ0) is 13.0. The van der Waals surface area contributed by atoms with Crippen LogP contribution >= 0.6 is 0 Å². The van der Waals surface area contributed by atoms with Gasteiger partial charge in [-0.1, -0.05) is 13.0 Å². The monoisotopic (exact) mass is 251 g/mol. The largest absolute Gasteiger partial charge is 0.493 e. The van der Waals surface area contributed by atoms with E-state index in [0.29, 0.717) is 12.5 Å². The first-order valence-electron chi connectivity index (χ1n) is 6.89. The molecule has 0 amide bonds. The van der Waals surface area contributed by atoms with Gasteiger partial charge in [-0.15, -0.1) is 0 Å². The topological polar surface area (TPSA) is 12.5 Å². The first-order chi connectivity index (χ1) is 8.74. The molecule has 0 bridgehead atoms. The number of likely N-dealkylation sites (tertiary alicyclic amines) is 1. The van der Waals surface area contributed by atoms with E-state index in [2.05, 4.69) is 11.8 Å². The number of piperidine rings is 1. The zero-order valence-electron chi connectivity index (χ0n) is 11.3. The fraction of sp³-hybridized carbons (Fsp3) is 0.600. The summed E-state index contributed by atoms with van der Waals surface area (Å²) in [4.78, 5) is 2.45. The molecule has 1 atom stereocenters. The van der Waals surface area contributed by atoms with Crippen LogP contribution < -0.4 is 4.74 Å². The van der Waals surface area contributed by atoms with Gasteiger partial charge in [0.25, 0.3) is 0 Å². The number of halogens is 1. The van der Waals surface area contributed by atoms with E-state index in [-0.39, 0.29) is 5.82 Å². The lowest BCUT2D eigenvalue weighted by Crippen LogP contribution is -2.34. The van der Waals surface area contributed by atoms with Crippen molar-refractivity contribution in [1.82, 2.24) is 4.90 Å². The van der Waals surface area contributed by atoms with Gasteiger partial charge in [-0.05, 0) is 44.5 Å². The first-order valence-corrected chi connectivity index (χ1v) is 6.89. The molecule has 0 radical (unpaired) electrons. The van der Waals surface area contributed by atoms with Crippen LogP contribution in [0, 0.1) is 5.82 Å². The van der Waals surface area contributed by atoms with E-state index < -0.39 is 0 Å². The van der Waals surface area contributed by atoms with Crippen molar-refractivity contribution in [3.05, 3.63) is 29.6 Å². The Morgan fingerprint density at radius 3 is 2.94 bits per heavy atom. The van der Waals surface area contributed by atoms with Crippen LogP contribution in [0.15, 0.2) is 18.2 Å². The molecule has 0 aliphatic carbocycles. The molecule has 0 N–H and O–H groups in total. The maximum Gasteiger partial charge on any atom is 0.126 e. The van der Waals surface area contributed by atoms with Crippen molar-refractivity contribution in [2.75, 3.05) is 26.2 Å². The zero-order valence-corrected chi connectivity index (χ0v) is 11.3. The van der Waals surface area contributed by atoms with Crippen molar-refractivity contribution < 1.29 is 9.13 Å². The van der Waals surface area contributed by atoms with Crippen molar-refractivity contribution >= 4 is 0 Å². The SMILES string of the molecule is CCOc1cc(F)ccc1C1CCCN(CC)C1. The predicted molar refractivity (Wildman–Crippen MR) is 71.7 cm³/mol. The molecule has 1 aliphatic rings. The van der Waals surface area contributed by atoms with E-state index >= 15 is 0 Å². The van der Waals surface area contributed by atoms with Crippen LogP contribution in [0.3, 0.4) is 0 Å². The number of rotatable bonds is 4. The predicted octanol–water partition coefficient (Wildman–Crippen LogP) is 3.42. The molecule has 18 heavy (non-hydrogen) atoms. The normalized spacial score (nSPS) is 20.9. The lowest BCUT2D eigenvalue weighted by Gasteiger charge is -2.32. The molecular formula is C15H22FNO. The molecule has 1 fully saturated rings. The summed E-state index contributed by atoms with van der Waals surface area (Å²) in [5, 5.41) is 0. The summed E-state index contributed by atoms with van der Waals surface area (Å²) in [6, 6.07) is 4.95.